The normalized spacial score (nSPS) is 10.9. The van der Waals surface area contributed by atoms with E-state index in [2.05, 4.69) is 4.98 Å². The number of thiophene rings is 1. The lowest BCUT2D eigenvalue weighted by Gasteiger charge is -2.09. The van der Waals surface area contributed by atoms with Gasteiger partial charge in [0.25, 0.3) is 11.5 Å². The van der Waals surface area contributed by atoms with Gasteiger partial charge in [-0.3, -0.25) is 14.2 Å². The van der Waals surface area contributed by atoms with Gasteiger partial charge in [-0.05, 0) is 40.8 Å². The lowest BCUT2D eigenvalue weighted by atomic mass is 10.1. The number of aromatic hydroxyl groups is 1. The van der Waals surface area contributed by atoms with Crippen LogP contribution in [0, 0.1) is 11.3 Å². The van der Waals surface area contributed by atoms with Crippen LogP contribution >= 0.6 is 22.9 Å². The summed E-state index contributed by atoms with van der Waals surface area (Å²) in [5, 5.41) is 21.6. The lowest BCUT2D eigenvalue weighted by molar-refractivity contribution is 0.100. The molecule has 0 aliphatic rings. The molecule has 4 rings (SSSR count). The molecule has 0 saturated heterocycles. The van der Waals surface area contributed by atoms with E-state index in [1.165, 1.54) is 22.0 Å². The fourth-order valence-electron chi connectivity index (χ4n) is 2.99. The average Bonchev–Trinajstić information content (AvgIpc) is 3.27. The predicted molar refractivity (Wildman–Crippen MR) is 107 cm³/mol. The van der Waals surface area contributed by atoms with Crippen molar-refractivity contribution in [1.82, 2.24) is 9.55 Å². The number of amides is 1. The molecule has 0 fully saturated rings. The molecule has 1 aromatic carbocycles. The van der Waals surface area contributed by atoms with E-state index in [0.717, 1.165) is 11.1 Å². The molecule has 28 heavy (non-hydrogen) atoms. The van der Waals surface area contributed by atoms with E-state index >= 15 is 0 Å². The number of fused-ring (bicyclic) bond motifs is 1. The Kier molecular flexibility index (Phi) is 4.19. The van der Waals surface area contributed by atoms with E-state index in [1.807, 2.05) is 17.5 Å². The summed E-state index contributed by atoms with van der Waals surface area (Å²) in [6.45, 7) is 0. The molecule has 3 heterocycles. The number of nitrogens with zero attached hydrogens (tertiary/aromatic N) is 2. The predicted octanol–water partition coefficient (Wildman–Crippen LogP) is 3.38. The Hall–Kier alpha value is -3.54. The van der Waals surface area contributed by atoms with Crippen molar-refractivity contribution in [3.63, 3.8) is 0 Å². The van der Waals surface area contributed by atoms with Gasteiger partial charge in [-0.1, -0.05) is 23.7 Å². The summed E-state index contributed by atoms with van der Waals surface area (Å²) in [5.74, 6) is -0.905. The Bertz CT molecular complexity index is 1340. The zero-order valence-corrected chi connectivity index (χ0v) is 15.6. The molecule has 7 nitrogen and oxygen atoms in total. The van der Waals surface area contributed by atoms with Crippen molar-refractivity contribution in [2.24, 2.45) is 5.73 Å². The van der Waals surface area contributed by atoms with Crippen LogP contribution in [0.25, 0.3) is 27.8 Å². The van der Waals surface area contributed by atoms with Gasteiger partial charge in [0, 0.05) is 5.69 Å². The van der Waals surface area contributed by atoms with Crippen LogP contribution in [0.15, 0.2) is 46.6 Å². The summed E-state index contributed by atoms with van der Waals surface area (Å²) in [7, 11) is 0. The lowest BCUT2D eigenvalue weighted by Crippen LogP contribution is -2.10. The number of carbonyl (C=O) groups excluding carboxylic acids is 1. The topological polar surface area (TPSA) is 125 Å². The van der Waals surface area contributed by atoms with Crippen LogP contribution in [-0.2, 0) is 0 Å². The largest absolute Gasteiger partial charge is 0.504 e. The van der Waals surface area contributed by atoms with Crippen LogP contribution < -0.4 is 11.3 Å². The SMILES string of the molecule is N#Cc1c(O)c2c(cc(Cl)n2-c2ccc(-c3csc(C(N)=O)c3)cc2)[nH]c1=O. The number of rotatable bonds is 3. The highest BCUT2D eigenvalue weighted by Crippen LogP contribution is 2.34. The number of nitrogens with two attached hydrogens (primary N) is 1. The van der Waals surface area contributed by atoms with Crippen LogP contribution in [0.3, 0.4) is 0 Å². The van der Waals surface area contributed by atoms with Gasteiger partial charge >= 0.3 is 0 Å². The summed E-state index contributed by atoms with van der Waals surface area (Å²) in [4.78, 5) is 26.2. The number of hydrogen-bond acceptors (Lipinski definition) is 5. The van der Waals surface area contributed by atoms with Crippen molar-refractivity contribution in [2.45, 2.75) is 0 Å². The fraction of sp³-hybridized carbons (Fsp3) is 0. The third kappa shape index (κ3) is 2.74. The first-order valence-corrected chi connectivity index (χ1v) is 9.22. The van der Waals surface area contributed by atoms with Gasteiger partial charge in [0.1, 0.15) is 16.7 Å². The third-order valence-corrected chi connectivity index (χ3v) is 5.53. The van der Waals surface area contributed by atoms with Crippen LogP contribution in [0.2, 0.25) is 5.15 Å². The maximum atomic E-state index is 11.9. The molecule has 0 radical (unpaired) electrons. The van der Waals surface area contributed by atoms with E-state index in [0.29, 0.717) is 16.1 Å². The number of pyridine rings is 1. The Morgan fingerprint density at radius 1 is 1.25 bits per heavy atom. The van der Waals surface area contributed by atoms with Gasteiger partial charge in [0.05, 0.1) is 10.4 Å². The smallest absolute Gasteiger partial charge is 0.270 e. The minimum atomic E-state index is -0.681. The number of nitrogens with one attached hydrogen (secondary N) is 1. The molecule has 0 spiro atoms. The number of primary amides is 1. The zero-order chi connectivity index (χ0) is 20.0. The number of benzene rings is 1. The number of H-pyrrole nitrogens is 1. The van der Waals surface area contributed by atoms with Crippen LogP contribution in [0.1, 0.15) is 15.2 Å². The molecule has 4 aromatic rings. The van der Waals surface area contributed by atoms with Crippen molar-refractivity contribution in [2.75, 3.05) is 0 Å². The standard InChI is InChI=1S/C19H11ClN4O3S/c20-15-6-13-16(17(25)12(7-21)19(27)23-13)24(15)11-3-1-9(2-4-11)10-5-14(18(22)26)28-8-10/h1-6,8H,(H2,22,26)(H2,23,25,27). The van der Waals surface area contributed by atoms with Crippen LogP contribution in [0.5, 0.6) is 5.75 Å². The molecule has 0 atom stereocenters. The summed E-state index contributed by atoms with van der Waals surface area (Å²) in [6, 6.07) is 12.1. The molecular weight excluding hydrogens is 400 g/mol. The first kappa shape index (κ1) is 17.9. The molecule has 9 heteroatoms. The van der Waals surface area contributed by atoms with Gasteiger partial charge in [0.2, 0.25) is 0 Å². The number of aromatic nitrogens is 2. The van der Waals surface area contributed by atoms with E-state index < -0.39 is 17.2 Å². The molecule has 4 N–H and O–H groups in total. The minimum absolute atomic E-state index is 0.237. The van der Waals surface area contributed by atoms with E-state index in [9.17, 15) is 14.7 Å². The highest BCUT2D eigenvalue weighted by atomic mass is 35.5. The molecule has 0 aliphatic carbocycles. The number of nitriles is 1. The summed E-state index contributed by atoms with van der Waals surface area (Å²) < 4.78 is 1.54. The van der Waals surface area contributed by atoms with Gasteiger partial charge in [-0.2, -0.15) is 5.26 Å². The summed E-state index contributed by atoms with van der Waals surface area (Å²) in [5.41, 5.74) is 7.14. The first-order valence-electron chi connectivity index (χ1n) is 7.96. The first-order chi connectivity index (χ1) is 13.4. The molecule has 0 unspecified atom stereocenters. The van der Waals surface area contributed by atoms with Crippen molar-refractivity contribution in [3.8, 4) is 28.6 Å². The van der Waals surface area contributed by atoms with E-state index in [1.54, 1.807) is 24.3 Å². The molecule has 138 valence electrons. The molecule has 3 aromatic heterocycles. The van der Waals surface area contributed by atoms with E-state index in [-0.39, 0.29) is 16.2 Å². The highest BCUT2D eigenvalue weighted by Gasteiger charge is 2.19. The van der Waals surface area contributed by atoms with Gasteiger partial charge in [0.15, 0.2) is 11.3 Å². The Morgan fingerprint density at radius 2 is 1.96 bits per heavy atom. The highest BCUT2D eigenvalue weighted by molar-refractivity contribution is 7.12. The summed E-state index contributed by atoms with van der Waals surface area (Å²) >= 11 is 7.58. The molecule has 1 amide bonds. The number of halogens is 1. The number of hydrogen-bond donors (Lipinski definition) is 3. The van der Waals surface area contributed by atoms with E-state index in [4.69, 9.17) is 22.6 Å². The average molecular weight is 411 g/mol. The third-order valence-electron chi connectivity index (χ3n) is 4.31. The second-order valence-electron chi connectivity index (χ2n) is 5.97. The Morgan fingerprint density at radius 3 is 2.57 bits per heavy atom. The molecule has 0 aliphatic heterocycles. The molecule has 0 saturated carbocycles. The molecule has 0 bridgehead atoms. The second kappa shape index (κ2) is 6.56. The van der Waals surface area contributed by atoms with Crippen LogP contribution in [0.4, 0.5) is 0 Å². The minimum Gasteiger partial charge on any atom is -0.504 e. The monoisotopic (exact) mass is 410 g/mol. The number of aromatic amines is 1. The maximum Gasteiger partial charge on any atom is 0.270 e. The molecular formula is C19H11ClN4O3S. The fourth-order valence-corrected chi connectivity index (χ4v) is 4.06. The number of carbonyl (C=O) groups is 1. The quantitative estimate of drug-likeness (QED) is 0.478. The van der Waals surface area contributed by atoms with Crippen molar-refractivity contribution in [1.29, 1.82) is 5.26 Å². The van der Waals surface area contributed by atoms with Crippen molar-refractivity contribution < 1.29 is 9.90 Å². The van der Waals surface area contributed by atoms with Crippen molar-refractivity contribution in [3.05, 3.63) is 67.7 Å². The van der Waals surface area contributed by atoms with Gasteiger partial charge in [-0.25, -0.2) is 0 Å². The van der Waals surface area contributed by atoms with Crippen LogP contribution in [-0.4, -0.2) is 20.6 Å². The Labute approximate surface area is 166 Å². The maximum absolute atomic E-state index is 11.9. The summed E-state index contributed by atoms with van der Waals surface area (Å²) in [6.07, 6.45) is 0. The van der Waals surface area contributed by atoms with Crippen molar-refractivity contribution >= 4 is 39.9 Å². The van der Waals surface area contributed by atoms with Gasteiger partial charge in [-0.15, -0.1) is 11.3 Å². The van der Waals surface area contributed by atoms with Gasteiger partial charge < -0.3 is 15.8 Å². The second-order valence-corrected chi connectivity index (χ2v) is 7.26. The Balaban J connectivity index is 1.84. The zero-order valence-electron chi connectivity index (χ0n) is 14.1.